The summed E-state index contributed by atoms with van der Waals surface area (Å²) in [4.78, 5) is 15.2. The maximum absolute atomic E-state index is 13.0. The van der Waals surface area contributed by atoms with Crippen molar-refractivity contribution in [3.05, 3.63) is 27.7 Å². The van der Waals surface area contributed by atoms with Crippen LogP contribution in [0.5, 0.6) is 0 Å². The highest BCUT2D eigenvalue weighted by Gasteiger charge is 2.33. The average molecular weight is 289 g/mol. The van der Waals surface area contributed by atoms with Crippen LogP contribution in [0.2, 0.25) is 0 Å². The summed E-state index contributed by atoms with van der Waals surface area (Å²) in [6.07, 6.45) is 3.45. The van der Waals surface area contributed by atoms with Gasteiger partial charge in [0.25, 0.3) is 5.56 Å². The van der Waals surface area contributed by atoms with Gasteiger partial charge < -0.3 is 19.9 Å². The molecule has 2 N–H and O–H groups in total. The van der Waals surface area contributed by atoms with Gasteiger partial charge in [-0.25, -0.2) is 0 Å². The molecule has 1 aromatic rings. The van der Waals surface area contributed by atoms with Gasteiger partial charge in [0.1, 0.15) is 5.69 Å². The number of aromatic nitrogens is 1. The monoisotopic (exact) mass is 289 g/mol. The number of rotatable bonds is 2. The number of nitrogens with zero attached hydrogens (tertiary/aromatic N) is 2. The smallest absolute Gasteiger partial charge is 0.274 e. The fourth-order valence-corrected chi connectivity index (χ4v) is 4.29. The lowest BCUT2D eigenvalue weighted by Gasteiger charge is -2.38. The summed E-state index contributed by atoms with van der Waals surface area (Å²) < 4.78 is 1.99. The van der Waals surface area contributed by atoms with Gasteiger partial charge in [-0.15, -0.1) is 0 Å². The number of hydrogen-bond donors (Lipinski definition) is 2. The van der Waals surface area contributed by atoms with E-state index in [0.717, 1.165) is 62.5 Å². The first-order valence-electron chi connectivity index (χ1n) is 8.11. The highest BCUT2D eigenvalue weighted by molar-refractivity contribution is 5.54. The lowest BCUT2D eigenvalue weighted by atomic mass is 9.83. The Morgan fingerprint density at radius 1 is 1.29 bits per heavy atom. The van der Waals surface area contributed by atoms with E-state index in [9.17, 15) is 9.90 Å². The summed E-state index contributed by atoms with van der Waals surface area (Å²) in [5.41, 5.74) is 2.81. The van der Waals surface area contributed by atoms with Crippen LogP contribution in [-0.2, 0) is 13.2 Å². The zero-order valence-electron chi connectivity index (χ0n) is 12.3. The normalized spacial score (nSPS) is 27.8. The Kier molecular flexibility index (Phi) is 3.27. The second-order valence-corrected chi connectivity index (χ2v) is 6.67. The molecule has 0 saturated carbocycles. The van der Waals surface area contributed by atoms with Crippen LogP contribution in [0.25, 0.3) is 0 Å². The third-order valence-electron chi connectivity index (χ3n) is 5.28. The molecule has 2 bridgehead atoms. The first-order valence-corrected chi connectivity index (χ1v) is 8.11. The minimum absolute atomic E-state index is 0.0432. The van der Waals surface area contributed by atoms with Gasteiger partial charge in [-0.2, -0.15) is 0 Å². The van der Waals surface area contributed by atoms with Crippen molar-refractivity contribution in [2.45, 2.75) is 38.3 Å². The predicted molar refractivity (Wildman–Crippen MR) is 81.8 cm³/mol. The largest absolute Gasteiger partial charge is 0.392 e. The maximum Gasteiger partial charge on any atom is 0.274 e. The Hall–Kier alpha value is -1.33. The topological polar surface area (TPSA) is 57.5 Å². The number of nitrogens with one attached hydrogen (secondary N) is 1. The zero-order valence-corrected chi connectivity index (χ0v) is 12.3. The summed E-state index contributed by atoms with van der Waals surface area (Å²) >= 11 is 0. The lowest BCUT2D eigenvalue weighted by molar-refractivity contribution is 0.253. The predicted octanol–water partition coefficient (Wildman–Crippen LogP) is 0.647. The van der Waals surface area contributed by atoms with E-state index in [4.69, 9.17) is 0 Å². The van der Waals surface area contributed by atoms with Crippen LogP contribution in [0.3, 0.4) is 0 Å². The summed E-state index contributed by atoms with van der Waals surface area (Å²) in [6, 6.07) is 2.09. The van der Waals surface area contributed by atoms with Gasteiger partial charge in [-0.3, -0.25) is 4.79 Å². The Labute approximate surface area is 124 Å². The second-order valence-electron chi connectivity index (χ2n) is 6.67. The first kappa shape index (κ1) is 13.3. The van der Waals surface area contributed by atoms with E-state index in [0.29, 0.717) is 11.8 Å². The molecule has 21 heavy (non-hydrogen) atoms. The molecule has 0 aromatic carbocycles. The molecule has 4 rings (SSSR count). The van der Waals surface area contributed by atoms with Crippen LogP contribution in [0, 0.1) is 5.92 Å². The molecule has 2 atom stereocenters. The SMILES string of the molecule is O=c1c(N2CCCC2)c(CO)cc2n1CC1CNCC2C1. The van der Waals surface area contributed by atoms with Crippen LogP contribution in [0.1, 0.15) is 36.4 Å². The van der Waals surface area contributed by atoms with Gasteiger partial charge in [0.15, 0.2) is 0 Å². The Morgan fingerprint density at radius 2 is 2.10 bits per heavy atom. The molecule has 2 unspecified atom stereocenters. The number of hydrogen-bond acceptors (Lipinski definition) is 4. The second kappa shape index (κ2) is 5.14. The van der Waals surface area contributed by atoms with Gasteiger partial charge in [0.05, 0.1) is 6.61 Å². The molecular weight excluding hydrogens is 266 g/mol. The van der Waals surface area contributed by atoms with Crippen molar-refractivity contribution in [2.75, 3.05) is 31.1 Å². The van der Waals surface area contributed by atoms with E-state index in [1.807, 2.05) is 4.57 Å². The quantitative estimate of drug-likeness (QED) is 0.839. The highest BCUT2D eigenvalue weighted by Crippen LogP contribution is 2.34. The van der Waals surface area contributed by atoms with E-state index in [2.05, 4.69) is 16.3 Å². The molecule has 2 fully saturated rings. The molecule has 0 spiro atoms. The molecule has 1 aromatic heterocycles. The molecule has 5 nitrogen and oxygen atoms in total. The van der Waals surface area contributed by atoms with Gasteiger partial charge in [0.2, 0.25) is 0 Å². The van der Waals surface area contributed by atoms with Crippen molar-refractivity contribution >= 4 is 5.69 Å². The van der Waals surface area contributed by atoms with Crippen molar-refractivity contribution in [3.8, 4) is 0 Å². The number of piperidine rings is 1. The third-order valence-corrected chi connectivity index (χ3v) is 5.28. The van der Waals surface area contributed by atoms with Gasteiger partial charge in [0, 0.05) is 43.4 Å². The molecule has 3 aliphatic rings. The number of pyridine rings is 1. The van der Waals surface area contributed by atoms with Crippen molar-refractivity contribution in [3.63, 3.8) is 0 Å². The van der Waals surface area contributed by atoms with E-state index < -0.39 is 0 Å². The molecule has 0 radical (unpaired) electrons. The van der Waals surface area contributed by atoms with Crippen LogP contribution in [-0.4, -0.2) is 35.9 Å². The minimum atomic E-state index is -0.0432. The van der Waals surface area contributed by atoms with Gasteiger partial charge in [-0.1, -0.05) is 0 Å². The van der Waals surface area contributed by atoms with E-state index in [-0.39, 0.29) is 12.2 Å². The molecule has 0 amide bonds. The molecule has 0 aliphatic carbocycles. The molecule has 5 heteroatoms. The zero-order chi connectivity index (χ0) is 14.4. The first-order chi connectivity index (χ1) is 10.3. The summed E-state index contributed by atoms with van der Waals surface area (Å²) in [7, 11) is 0. The number of aliphatic hydroxyl groups is 1. The Bertz CT molecular complexity index is 604. The standard InChI is InChI=1S/C16H23N3O2/c20-10-13-6-14-12-5-11(7-17-8-12)9-19(14)16(21)15(13)18-3-1-2-4-18/h6,11-12,17,20H,1-5,7-10H2. The number of aliphatic hydroxyl groups excluding tert-OH is 1. The highest BCUT2D eigenvalue weighted by atomic mass is 16.3. The minimum Gasteiger partial charge on any atom is -0.392 e. The van der Waals surface area contributed by atoms with Crippen molar-refractivity contribution < 1.29 is 5.11 Å². The molecular formula is C16H23N3O2. The van der Waals surface area contributed by atoms with Crippen molar-refractivity contribution in [1.29, 1.82) is 0 Å². The fourth-order valence-electron chi connectivity index (χ4n) is 4.29. The van der Waals surface area contributed by atoms with Crippen molar-refractivity contribution in [2.24, 2.45) is 5.92 Å². The van der Waals surface area contributed by atoms with Crippen molar-refractivity contribution in [1.82, 2.24) is 9.88 Å². The number of fused-ring (bicyclic) bond motifs is 4. The third kappa shape index (κ3) is 2.10. The molecule has 114 valence electrons. The van der Waals surface area contributed by atoms with E-state index >= 15 is 0 Å². The molecule has 2 saturated heterocycles. The van der Waals surface area contributed by atoms with E-state index in [1.165, 1.54) is 6.42 Å². The van der Waals surface area contributed by atoms with Crippen LogP contribution in [0.15, 0.2) is 10.9 Å². The molecule has 4 heterocycles. The van der Waals surface area contributed by atoms with Crippen LogP contribution in [0.4, 0.5) is 5.69 Å². The fraction of sp³-hybridized carbons (Fsp3) is 0.688. The average Bonchev–Trinajstić information content (AvgIpc) is 3.02. The summed E-state index contributed by atoms with van der Waals surface area (Å²) in [6.45, 7) is 4.63. The van der Waals surface area contributed by atoms with Gasteiger partial charge in [-0.05, 0) is 37.8 Å². The molecule has 3 aliphatic heterocycles. The number of anilines is 1. The van der Waals surface area contributed by atoms with E-state index in [1.54, 1.807) is 0 Å². The maximum atomic E-state index is 13.0. The summed E-state index contributed by atoms with van der Waals surface area (Å²) in [5.74, 6) is 0.989. The van der Waals surface area contributed by atoms with Crippen LogP contribution >= 0.6 is 0 Å². The van der Waals surface area contributed by atoms with Crippen LogP contribution < -0.4 is 15.8 Å². The Morgan fingerprint density at radius 3 is 2.86 bits per heavy atom. The van der Waals surface area contributed by atoms with Gasteiger partial charge >= 0.3 is 0 Å². The summed E-state index contributed by atoms with van der Waals surface area (Å²) in [5, 5.41) is 13.2. The Balaban J connectivity index is 1.86. The lowest BCUT2D eigenvalue weighted by Crippen LogP contribution is -2.46.